The van der Waals surface area contributed by atoms with Crippen molar-refractivity contribution in [3.63, 3.8) is 0 Å². The van der Waals surface area contributed by atoms with Crippen LogP contribution in [0.3, 0.4) is 0 Å². The van der Waals surface area contributed by atoms with Crippen molar-refractivity contribution in [2.45, 2.75) is 46.1 Å². The summed E-state index contributed by atoms with van der Waals surface area (Å²) in [6.07, 6.45) is 5.19. The fourth-order valence-electron chi connectivity index (χ4n) is 2.14. The summed E-state index contributed by atoms with van der Waals surface area (Å²) >= 11 is 5.09. The molecule has 0 radical (unpaired) electrons. The van der Waals surface area contributed by atoms with Gasteiger partial charge in [0, 0.05) is 6.08 Å². The number of hydrogen-bond acceptors (Lipinski definition) is 5. The van der Waals surface area contributed by atoms with Crippen LogP contribution in [-0.2, 0) is 11.3 Å². The number of nitrogens with one attached hydrogen (secondary N) is 2. The molecule has 138 valence electrons. The number of unbranched alkanes of at least 4 members (excludes halogenated alkanes) is 1. The third kappa shape index (κ3) is 6.36. The smallest absolute Gasteiger partial charge is 0.269 e. The summed E-state index contributed by atoms with van der Waals surface area (Å²) in [6.45, 7) is 7.07. The molecule has 2 N–H and O–H groups in total. The predicted octanol–water partition coefficient (Wildman–Crippen LogP) is 3.12. The van der Waals surface area contributed by atoms with E-state index in [-0.39, 0.29) is 17.0 Å². The van der Waals surface area contributed by atoms with Gasteiger partial charge in [0.2, 0.25) is 5.91 Å². The molecule has 0 aliphatic carbocycles. The minimum absolute atomic E-state index is 0.129. The lowest BCUT2D eigenvalue weighted by Crippen LogP contribution is -2.33. The number of carbonyl (C=O) groups is 1. The van der Waals surface area contributed by atoms with Crippen LogP contribution in [0.5, 0.6) is 0 Å². The molecule has 1 amide bonds. The molecule has 0 unspecified atom stereocenters. The molecule has 7 nitrogen and oxygen atoms in total. The third-order valence-electron chi connectivity index (χ3n) is 3.66. The number of aryl methyl sites for hydroxylation is 1. The van der Waals surface area contributed by atoms with E-state index in [1.165, 1.54) is 16.4 Å². The Balaban J connectivity index is 1.82. The SMILES string of the molecule is CCCCn1nnc(NC(=S)NC(=O)/C=C/c2ccc(C(C)C)cc2)n1. The number of amides is 1. The number of carbonyl (C=O) groups excluding carboxylic acids is 1. The van der Waals surface area contributed by atoms with Crippen molar-refractivity contribution < 1.29 is 4.79 Å². The molecule has 26 heavy (non-hydrogen) atoms. The highest BCUT2D eigenvalue weighted by Gasteiger charge is 2.06. The minimum Gasteiger partial charge on any atom is -0.299 e. The average Bonchev–Trinajstić information content (AvgIpc) is 3.05. The zero-order valence-corrected chi connectivity index (χ0v) is 16.1. The maximum atomic E-state index is 12.0. The molecule has 1 aromatic carbocycles. The van der Waals surface area contributed by atoms with Gasteiger partial charge >= 0.3 is 0 Å². The first-order valence-electron chi connectivity index (χ1n) is 8.65. The minimum atomic E-state index is -0.325. The van der Waals surface area contributed by atoms with Gasteiger partial charge in [-0.3, -0.25) is 15.4 Å². The van der Waals surface area contributed by atoms with E-state index in [0.717, 1.165) is 18.4 Å². The Morgan fingerprint density at radius 3 is 2.69 bits per heavy atom. The van der Waals surface area contributed by atoms with E-state index in [4.69, 9.17) is 12.2 Å². The molecule has 1 aromatic heterocycles. The van der Waals surface area contributed by atoms with Crippen LogP contribution in [-0.4, -0.2) is 31.2 Å². The molecule has 1 heterocycles. The van der Waals surface area contributed by atoms with Crippen molar-refractivity contribution in [3.8, 4) is 0 Å². The first-order valence-corrected chi connectivity index (χ1v) is 9.06. The van der Waals surface area contributed by atoms with Gasteiger partial charge in [0.1, 0.15) is 0 Å². The van der Waals surface area contributed by atoms with Crippen molar-refractivity contribution in [3.05, 3.63) is 41.5 Å². The molecule has 0 bridgehead atoms. The summed E-state index contributed by atoms with van der Waals surface area (Å²) in [6, 6.07) is 8.08. The summed E-state index contributed by atoms with van der Waals surface area (Å²) in [5.74, 6) is 0.418. The van der Waals surface area contributed by atoms with E-state index in [0.29, 0.717) is 12.5 Å². The molecular weight excluding hydrogens is 348 g/mol. The number of benzene rings is 1. The Morgan fingerprint density at radius 2 is 2.04 bits per heavy atom. The maximum absolute atomic E-state index is 12.0. The van der Waals surface area contributed by atoms with Gasteiger partial charge in [-0.15, -0.1) is 5.10 Å². The molecule has 0 saturated heterocycles. The van der Waals surface area contributed by atoms with Crippen LogP contribution in [0, 0.1) is 0 Å². The van der Waals surface area contributed by atoms with E-state index < -0.39 is 0 Å². The van der Waals surface area contributed by atoms with E-state index in [9.17, 15) is 4.79 Å². The quantitative estimate of drug-likeness (QED) is 0.574. The second-order valence-electron chi connectivity index (χ2n) is 6.16. The number of nitrogens with zero attached hydrogens (tertiary/aromatic N) is 4. The lowest BCUT2D eigenvalue weighted by Gasteiger charge is -2.05. The Labute approximate surface area is 158 Å². The maximum Gasteiger partial charge on any atom is 0.269 e. The van der Waals surface area contributed by atoms with Gasteiger partial charge in [-0.05, 0) is 47.0 Å². The van der Waals surface area contributed by atoms with Gasteiger partial charge in [-0.2, -0.15) is 4.80 Å². The molecule has 0 saturated carbocycles. The first-order chi connectivity index (χ1) is 12.5. The van der Waals surface area contributed by atoms with Crippen LogP contribution < -0.4 is 10.6 Å². The largest absolute Gasteiger partial charge is 0.299 e. The Bertz CT molecular complexity index is 766. The zero-order valence-electron chi connectivity index (χ0n) is 15.3. The van der Waals surface area contributed by atoms with Crippen LogP contribution in [0.15, 0.2) is 30.3 Å². The van der Waals surface area contributed by atoms with Gasteiger partial charge in [-0.25, -0.2) is 0 Å². The second kappa shape index (κ2) is 9.76. The van der Waals surface area contributed by atoms with Gasteiger partial charge in [0.05, 0.1) is 6.54 Å². The van der Waals surface area contributed by atoms with Crippen LogP contribution in [0.25, 0.3) is 6.08 Å². The fourth-order valence-corrected chi connectivity index (χ4v) is 2.33. The second-order valence-corrected chi connectivity index (χ2v) is 6.57. The Morgan fingerprint density at radius 1 is 1.31 bits per heavy atom. The van der Waals surface area contributed by atoms with Crippen molar-refractivity contribution in [2.75, 3.05) is 5.32 Å². The molecular formula is C18H24N6OS. The number of hydrogen-bond donors (Lipinski definition) is 2. The molecule has 0 fully saturated rings. The highest BCUT2D eigenvalue weighted by atomic mass is 32.1. The lowest BCUT2D eigenvalue weighted by atomic mass is 10.0. The van der Waals surface area contributed by atoms with Gasteiger partial charge in [0.15, 0.2) is 5.11 Å². The number of aromatic nitrogens is 4. The van der Waals surface area contributed by atoms with E-state index in [2.05, 4.69) is 58.9 Å². The first kappa shape index (κ1) is 19.7. The van der Waals surface area contributed by atoms with E-state index in [1.807, 2.05) is 12.1 Å². The summed E-state index contributed by atoms with van der Waals surface area (Å²) in [5.41, 5.74) is 2.21. The van der Waals surface area contributed by atoms with Gasteiger partial charge in [0.25, 0.3) is 5.95 Å². The summed E-state index contributed by atoms with van der Waals surface area (Å²) < 4.78 is 0. The highest BCUT2D eigenvalue weighted by Crippen LogP contribution is 2.15. The number of anilines is 1. The average molecular weight is 372 g/mol. The lowest BCUT2D eigenvalue weighted by molar-refractivity contribution is -0.115. The van der Waals surface area contributed by atoms with Crippen LogP contribution in [0.1, 0.15) is 50.7 Å². The molecule has 0 spiro atoms. The van der Waals surface area contributed by atoms with Crippen molar-refractivity contribution in [1.29, 1.82) is 0 Å². The highest BCUT2D eigenvalue weighted by molar-refractivity contribution is 7.80. The van der Waals surface area contributed by atoms with Gasteiger partial charge < -0.3 is 0 Å². The summed E-state index contributed by atoms with van der Waals surface area (Å²) in [4.78, 5) is 13.4. The Kier molecular flexibility index (Phi) is 7.40. The van der Waals surface area contributed by atoms with Crippen LogP contribution >= 0.6 is 12.2 Å². The fraction of sp³-hybridized carbons (Fsp3) is 0.389. The van der Waals surface area contributed by atoms with Crippen LogP contribution in [0.4, 0.5) is 5.95 Å². The third-order valence-corrected chi connectivity index (χ3v) is 3.86. The number of rotatable bonds is 7. The molecule has 0 atom stereocenters. The molecule has 0 aliphatic rings. The van der Waals surface area contributed by atoms with E-state index in [1.54, 1.807) is 6.08 Å². The number of thiocarbonyl (C=S) groups is 1. The van der Waals surface area contributed by atoms with Crippen molar-refractivity contribution in [2.24, 2.45) is 0 Å². The van der Waals surface area contributed by atoms with Gasteiger partial charge in [-0.1, -0.05) is 56.6 Å². The summed E-state index contributed by atoms with van der Waals surface area (Å²) in [7, 11) is 0. The standard InChI is InChI=1S/C18H24N6OS/c1-4-5-12-24-22-17(21-23-24)20-18(26)19-16(25)11-8-14-6-9-15(10-7-14)13(2)3/h6-11,13H,4-5,12H2,1-3H3,(H2,19,20,22,25,26)/b11-8+. The Hall–Kier alpha value is -2.61. The van der Waals surface area contributed by atoms with E-state index >= 15 is 0 Å². The molecule has 8 heteroatoms. The zero-order chi connectivity index (χ0) is 18.9. The van der Waals surface area contributed by atoms with Crippen LogP contribution in [0.2, 0.25) is 0 Å². The molecule has 2 rings (SSSR count). The number of tetrazole rings is 1. The van der Waals surface area contributed by atoms with Crippen molar-refractivity contribution >= 4 is 35.3 Å². The van der Waals surface area contributed by atoms with Crippen molar-refractivity contribution in [1.82, 2.24) is 25.5 Å². The molecule has 0 aliphatic heterocycles. The summed E-state index contributed by atoms with van der Waals surface area (Å²) in [5, 5.41) is 17.3. The normalized spacial score (nSPS) is 11.1. The predicted molar refractivity (Wildman–Crippen MR) is 107 cm³/mol. The topological polar surface area (TPSA) is 84.7 Å². The molecule has 2 aromatic rings. The monoisotopic (exact) mass is 372 g/mol.